The molecule has 144 valence electrons. The highest BCUT2D eigenvalue weighted by atomic mass is 15.3. The number of hydrogen-bond acceptors (Lipinski definition) is 4. The summed E-state index contributed by atoms with van der Waals surface area (Å²) in [6.45, 7) is 5.01. The van der Waals surface area contributed by atoms with Crippen molar-refractivity contribution in [2.45, 2.75) is 6.54 Å². The lowest BCUT2D eigenvalue weighted by molar-refractivity contribution is 0.249. The van der Waals surface area contributed by atoms with E-state index in [9.17, 15) is 0 Å². The molecule has 2 heterocycles. The molecule has 0 N–H and O–H groups in total. The van der Waals surface area contributed by atoms with Gasteiger partial charge in [-0.2, -0.15) is 0 Å². The number of anilines is 1. The van der Waals surface area contributed by atoms with E-state index < -0.39 is 0 Å². The van der Waals surface area contributed by atoms with Crippen LogP contribution in [-0.2, 0) is 6.54 Å². The molecule has 0 spiro atoms. The van der Waals surface area contributed by atoms with Gasteiger partial charge >= 0.3 is 0 Å². The molecular formula is C25H24N4. The minimum atomic E-state index is 0.952. The molecule has 3 aromatic carbocycles. The Hall–Kier alpha value is -3.24. The minimum absolute atomic E-state index is 0.952. The molecule has 5 rings (SSSR count). The van der Waals surface area contributed by atoms with Crippen LogP contribution in [0.15, 0.2) is 84.9 Å². The molecule has 0 bridgehead atoms. The van der Waals surface area contributed by atoms with Crippen molar-refractivity contribution in [3.63, 3.8) is 0 Å². The first-order valence-electron chi connectivity index (χ1n) is 10.2. The molecule has 1 aliphatic heterocycles. The third kappa shape index (κ3) is 3.71. The van der Waals surface area contributed by atoms with Gasteiger partial charge in [0.15, 0.2) is 5.82 Å². The Labute approximate surface area is 171 Å². The van der Waals surface area contributed by atoms with Crippen LogP contribution in [0.1, 0.15) is 5.56 Å². The van der Waals surface area contributed by atoms with Crippen LogP contribution in [0.4, 0.5) is 5.82 Å². The van der Waals surface area contributed by atoms with Crippen LogP contribution in [0, 0.1) is 0 Å². The Balaban J connectivity index is 1.39. The van der Waals surface area contributed by atoms with Crippen LogP contribution >= 0.6 is 0 Å². The highest BCUT2D eigenvalue weighted by Gasteiger charge is 2.21. The highest BCUT2D eigenvalue weighted by molar-refractivity contribution is 6.00. The predicted molar refractivity (Wildman–Crippen MR) is 119 cm³/mol. The van der Waals surface area contributed by atoms with Gasteiger partial charge in [0.1, 0.15) is 5.69 Å². The van der Waals surface area contributed by atoms with Crippen molar-refractivity contribution in [1.82, 2.24) is 15.1 Å². The topological polar surface area (TPSA) is 32.3 Å². The van der Waals surface area contributed by atoms with E-state index in [0.717, 1.165) is 55.2 Å². The molecule has 1 aliphatic rings. The molecule has 0 unspecified atom stereocenters. The van der Waals surface area contributed by atoms with E-state index in [1.54, 1.807) is 0 Å². The van der Waals surface area contributed by atoms with E-state index in [-0.39, 0.29) is 0 Å². The molecule has 0 atom stereocenters. The molecule has 4 nitrogen and oxygen atoms in total. The van der Waals surface area contributed by atoms with Crippen molar-refractivity contribution in [2.75, 3.05) is 31.1 Å². The number of rotatable bonds is 4. The normalized spacial score (nSPS) is 15.0. The number of aromatic nitrogens is 2. The lowest BCUT2D eigenvalue weighted by Crippen LogP contribution is -2.46. The number of fused-ring (bicyclic) bond motifs is 1. The van der Waals surface area contributed by atoms with Gasteiger partial charge in [-0.3, -0.25) is 4.90 Å². The van der Waals surface area contributed by atoms with Gasteiger partial charge in [-0.25, -0.2) is 0 Å². The van der Waals surface area contributed by atoms with Gasteiger partial charge in [-0.15, -0.1) is 10.2 Å². The Bertz CT molecular complexity index is 1090. The lowest BCUT2D eigenvalue weighted by atomic mass is 10.0. The summed E-state index contributed by atoms with van der Waals surface area (Å²) < 4.78 is 0. The highest BCUT2D eigenvalue weighted by Crippen LogP contribution is 2.31. The molecule has 4 aromatic rings. The minimum Gasteiger partial charge on any atom is -0.352 e. The number of benzene rings is 3. The van der Waals surface area contributed by atoms with Crippen molar-refractivity contribution < 1.29 is 0 Å². The average molecular weight is 380 g/mol. The van der Waals surface area contributed by atoms with Gasteiger partial charge in [0.05, 0.1) is 0 Å². The van der Waals surface area contributed by atoms with Crippen LogP contribution in [0.2, 0.25) is 0 Å². The fourth-order valence-corrected chi connectivity index (χ4v) is 4.09. The van der Waals surface area contributed by atoms with Crippen molar-refractivity contribution in [3.05, 3.63) is 90.5 Å². The van der Waals surface area contributed by atoms with Crippen molar-refractivity contribution in [3.8, 4) is 11.3 Å². The van der Waals surface area contributed by atoms with E-state index in [0.29, 0.717) is 0 Å². The van der Waals surface area contributed by atoms with Crippen LogP contribution in [0.3, 0.4) is 0 Å². The Morgan fingerprint density at radius 2 is 1.24 bits per heavy atom. The van der Waals surface area contributed by atoms with Crippen LogP contribution < -0.4 is 4.90 Å². The molecule has 0 amide bonds. The van der Waals surface area contributed by atoms with Crippen LogP contribution in [0.25, 0.3) is 22.0 Å². The third-order valence-corrected chi connectivity index (χ3v) is 5.64. The summed E-state index contributed by atoms with van der Waals surface area (Å²) in [5, 5.41) is 11.6. The number of hydrogen-bond donors (Lipinski definition) is 0. The van der Waals surface area contributed by atoms with Crippen molar-refractivity contribution in [2.24, 2.45) is 0 Å². The Kier molecular flexibility index (Phi) is 4.93. The van der Waals surface area contributed by atoms with E-state index in [1.165, 1.54) is 10.9 Å². The zero-order valence-electron chi connectivity index (χ0n) is 16.4. The Morgan fingerprint density at radius 3 is 1.97 bits per heavy atom. The summed E-state index contributed by atoms with van der Waals surface area (Å²) >= 11 is 0. The monoisotopic (exact) mass is 380 g/mol. The standard InChI is InChI=1S/C25H24N4/c1-3-9-20(10-4-1)19-28-15-17-29(18-16-28)25-23-14-8-7-13-22(23)24(26-27-25)21-11-5-2-6-12-21/h1-14H,15-19H2. The van der Waals surface area contributed by atoms with Crippen LogP contribution in [0.5, 0.6) is 0 Å². The molecule has 29 heavy (non-hydrogen) atoms. The lowest BCUT2D eigenvalue weighted by Gasteiger charge is -2.35. The quantitative estimate of drug-likeness (QED) is 0.517. The van der Waals surface area contributed by atoms with E-state index in [1.807, 2.05) is 18.2 Å². The van der Waals surface area contributed by atoms with Gasteiger partial charge in [0, 0.05) is 49.1 Å². The Morgan fingerprint density at radius 1 is 0.621 bits per heavy atom. The summed E-state index contributed by atoms with van der Waals surface area (Å²) in [4.78, 5) is 4.89. The van der Waals surface area contributed by atoms with E-state index >= 15 is 0 Å². The maximum Gasteiger partial charge on any atom is 0.159 e. The molecule has 1 fully saturated rings. The molecule has 0 radical (unpaired) electrons. The summed E-state index contributed by atoms with van der Waals surface area (Å²) in [6.07, 6.45) is 0. The average Bonchev–Trinajstić information content (AvgIpc) is 2.80. The third-order valence-electron chi connectivity index (χ3n) is 5.64. The van der Waals surface area contributed by atoms with Gasteiger partial charge in [-0.1, -0.05) is 84.9 Å². The molecule has 4 heteroatoms. The fraction of sp³-hybridized carbons (Fsp3) is 0.200. The van der Waals surface area contributed by atoms with Gasteiger partial charge < -0.3 is 4.90 Å². The van der Waals surface area contributed by atoms with Crippen molar-refractivity contribution >= 4 is 16.6 Å². The first kappa shape index (κ1) is 17.8. The SMILES string of the molecule is c1ccc(CN2CCN(c3nnc(-c4ccccc4)c4ccccc34)CC2)cc1. The molecule has 1 aromatic heterocycles. The van der Waals surface area contributed by atoms with Gasteiger partial charge in [0.2, 0.25) is 0 Å². The second kappa shape index (κ2) is 8.02. The van der Waals surface area contributed by atoms with Crippen LogP contribution in [-0.4, -0.2) is 41.3 Å². The molecule has 1 saturated heterocycles. The van der Waals surface area contributed by atoms with Crippen molar-refractivity contribution in [1.29, 1.82) is 0 Å². The molecule has 0 aliphatic carbocycles. The van der Waals surface area contributed by atoms with E-state index in [2.05, 4.69) is 86.7 Å². The predicted octanol–water partition coefficient (Wildman–Crippen LogP) is 4.62. The summed E-state index contributed by atoms with van der Waals surface area (Å²) in [6, 6.07) is 29.5. The summed E-state index contributed by atoms with van der Waals surface area (Å²) in [5.41, 5.74) is 3.43. The number of nitrogens with zero attached hydrogens (tertiary/aromatic N) is 4. The molecule has 0 saturated carbocycles. The maximum atomic E-state index is 4.67. The summed E-state index contributed by atoms with van der Waals surface area (Å²) in [5.74, 6) is 1.000. The maximum absolute atomic E-state index is 4.67. The second-order valence-corrected chi connectivity index (χ2v) is 7.53. The van der Waals surface area contributed by atoms with Gasteiger partial charge in [-0.05, 0) is 5.56 Å². The zero-order chi connectivity index (χ0) is 19.5. The van der Waals surface area contributed by atoms with Gasteiger partial charge in [0.25, 0.3) is 0 Å². The molecular weight excluding hydrogens is 356 g/mol. The summed E-state index contributed by atoms with van der Waals surface area (Å²) in [7, 11) is 0. The largest absolute Gasteiger partial charge is 0.352 e. The first-order valence-corrected chi connectivity index (χ1v) is 10.2. The van der Waals surface area contributed by atoms with E-state index in [4.69, 9.17) is 0 Å². The first-order chi connectivity index (χ1) is 14.4. The fourth-order valence-electron chi connectivity index (χ4n) is 4.09. The second-order valence-electron chi connectivity index (χ2n) is 7.53. The zero-order valence-corrected chi connectivity index (χ0v) is 16.4. The smallest absolute Gasteiger partial charge is 0.159 e. The number of piperazine rings is 1.